The van der Waals surface area contributed by atoms with E-state index in [0.717, 1.165) is 17.1 Å². The highest BCUT2D eigenvalue weighted by Crippen LogP contribution is 2.44. The quantitative estimate of drug-likeness (QED) is 0.386. The summed E-state index contributed by atoms with van der Waals surface area (Å²) in [6.45, 7) is 22.2. The van der Waals surface area contributed by atoms with Crippen LogP contribution in [-0.2, 0) is 10.8 Å². The van der Waals surface area contributed by atoms with Crippen LogP contribution in [0.5, 0.6) is 11.5 Å². The first-order chi connectivity index (χ1) is 12.8. The van der Waals surface area contributed by atoms with Crippen LogP contribution < -0.4 is 9.78 Å². The maximum atomic E-state index is 6.17. The van der Waals surface area contributed by atoms with Crippen LogP contribution in [0.4, 0.5) is 0 Å². The van der Waals surface area contributed by atoms with Gasteiger partial charge >= 0.3 is 0 Å². The van der Waals surface area contributed by atoms with Crippen LogP contribution in [0.25, 0.3) is 0 Å². The molecule has 2 aromatic carbocycles. The highest BCUT2D eigenvalue weighted by atomic mass is 17.2. The predicted molar refractivity (Wildman–Crippen MR) is 120 cm³/mol. The lowest BCUT2D eigenvalue weighted by Crippen LogP contribution is -2.24. The van der Waals surface area contributed by atoms with E-state index in [2.05, 4.69) is 87.4 Å². The Bertz CT molecular complexity index is 802. The van der Waals surface area contributed by atoms with Crippen LogP contribution >= 0.6 is 0 Å². The Morgan fingerprint density at radius 1 is 0.643 bits per heavy atom. The van der Waals surface area contributed by atoms with Crippen molar-refractivity contribution in [3.63, 3.8) is 0 Å². The number of hydrogen-bond donors (Lipinski definition) is 0. The molecule has 2 aromatic rings. The van der Waals surface area contributed by atoms with Gasteiger partial charge in [0.1, 0.15) is 0 Å². The van der Waals surface area contributed by atoms with Gasteiger partial charge < -0.3 is 0 Å². The van der Waals surface area contributed by atoms with E-state index in [1.165, 1.54) is 16.7 Å². The molecule has 154 valence electrons. The molecule has 0 radical (unpaired) electrons. The Hall–Kier alpha value is -1.96. The highest BCUT2D eigenvalue weighted by molar-refractivity contribution is 5.53. The lowest BCUT2D eigenvalue weighted by Gasteiger charge is -2.33. The molecule has 2 nitrogen and oxygen atoms in total. The average Bonchev–Trinajstić information content (AvgIpc) is 2.57. The third-order valence-corrected chi connectivity index (χ3v) is 5.12. The van der Waals surface area contributed by atoms with Crippen molar-refractivity contribution in [1.82, 2.24) is 0 Å². The lowest BCUT2D eigenvalue weighted by atomic mass is 9.73. The summed E-state index contributed by atoms with van der Waals surface area (Å²) in [5.74, 6) is 2.36. The molecule has 0 aliphatic carbocycles. The highest BCUT2D eigenvalue weighted by Gasteiger charge is 2.31. The molecule has 0 unspecified atom stereocenters. The molecule has 0 fully saturated rings. The van der Waals surface area contributed by atoms with Gasteiger partial charge in [-0.15, -0.1) is 0 Å². The fourth-order valence-electron chi connectivity index (χ4n) is 3.63. The first-order valence-corrected chi connectivity index (χ1v) is 10.4. The van der Waals surface area contributed by atoms with Gasteiger partial charge in [0.05, 0.1) is 0 Å². The number of rotatable bonds is 5. The van der Waals surface area contributed by atoms with Gasteiger partial charge in [0, 0.05) is 16.7 Å². The van der Waals surface area contributed by atoms with Crippen LogP contribution in [0.2, 0.25) is 0 Å². The van der Waals surface area contributed by atoms with Gasteiger partial charge in [0.25, 0.3) is 0 Å². The van der Waals surface area contributed by atoms with E-state index in [4.69, 9.17) is 9.78 Å². The summed E-state index contributed by atoms with van der Waals surface area (Å²) in [6, 6.07) is 12.6. The molecular weight excluding hydrogens is 344 g/mol. The summed E-state index contributed by atoms with van der Waals surface area (Å²) in [5, 5.41) is 0. The molecule has 0 atom stereocenters. The second kappa shape index (κ2) is 8.19. The van der Waals surface area contributed by atoms with Crippen molar-refractivity contribution in [3.8, 4) is 11.5 Å². The van der Waals surface area contributed by atoms with Gasteiger partial charge in [-0.2, -0.15) is 0 Å². The maximum absolute atomic E-state index is 6.17. The standard InChI is InChI=1S/C26H38O2/c1-17(2)19-13-11-12-14-22(19)27-28-24-20(18(3)4)15-16-21(25(5,6)7)23(24)26(8,9)10/h11-18H,1-10H3. The zero-order valence-corrected chi connectivity index (χ0v) is 19.4. The van der Waals surface area contributed by atoms with Crippen molar-refractivity contribution < 1.29 is 9.78 Å². The van der Waals surface area contributed by atoms with Crippen LogP contribution in [0, 0.1) is 0 Å². The first kappa shape index (κ1) is 22.3. The van der Waals surface area contributed by atoms with E-state index in [1.807, 2.05) is 18.2 Å². The summed E-state index contributed by atoms with van der Waals surface area (Å²) in [4.78, 5) is 12.1. The van der Waals surface area contributed by atoms with Gasteiger partial charge in [-0.3, -0.25) is 9.78 Å². The topological polar surface area (TPSA) is 18.5 Å². The summed E-state index contributed by atoms with van der Waals surface area (Å²) >= 11 is 0. The van der Waals surface area contributed by atoms with Crippen molar-refractivity contribution in [2.24, 2.45) is 0 Å². The van der Waals surface area contributed by atoms with Gasteiger partial charge in [0.2, 0.25) is 0 Å². The zero-order chi connectivity index (χ0) is 21.3. The summed E-state index contributed by atoms with van der Waals surface area (Å²) < 4.78 is 0. The van der Waals surface area contributed by atoms with Crippen molar-refractivity contribution in [2.45, 2.75) is 91.9 Å². The Kier molecular flexibility index (Phi) is 6.53. The minimum atomic E-state index is -0.0657. The van der Waals surface area contributed by atoms with E-state index in [-0.39, 0.29) is 10.8 Å². The van der Waals surface area contributed by atoms with Gasteiger partial charge in [-0.05, 0) is 34.3 Å². The molecule has 0 aliphatic rings. The van der Waals surface area contributed by atoms with Gasteiger partial charge in [0.15, 0.2) is 11.5 Å². The van der Waals surface area contributed by atoms with Gasteiger partial charge in [-0.1, -0.05) is 99.6 Å². The largest absolute Gasteiger partial charge is 0.290 e. The van der Waals surface area contributed by atoms with Crippen molar-refractivity contribution >= 4 is 0 Å². The molecule has 0 saturated heterocycles. The molecule has 0 heterocycles. The van der Waals surface area contributed by atoms with Crippen LogP contribution in [0.15, 0.2) is 36.4 Å². The molecule has 0 saturated carbocycles. The van der Waals surface area contributed by atoms with Crippen molar-refractivity contribution in [3.05, 3.63) is 58.7 Å². The number of para-hydroxylation sites is 1. The summed E-state index contributed by atoms with van der Waals surface area (Å²) in [6.07, 6.45) is 0. The molecular formula is C26H38O2. The second-order valence-corrected chi connectivity index (χ2v) is 10.4. The minimum Gasteiger partial charge on any atom is -0.290 e. The normalized spacial score (nSPS) is 12.6. The maximum Gasteiger partial charge on any atom is 0.186 e. The Morgan fingerprint density at radius 2 is 1.21 bits per heavy atom. The van der Waals surface area contributed by atoms with Crippen molar-refractivity contribution in [1.29, 1.82) is 0 Å². The fraction of sp³-hybridized carbons (Fsp3) is 0.538. The fourth-order valence-corrected chi connectivity index (χ4v) is 3.63. The predicted octanol–water partition coefficient (Wildman–Crippen LogP) is 7.90. The molecule has 28 heavy (non-hydrogen) atoms. The Balaban J connectivity index is 2.61. The molecule has 0 aromatic heterocycles. The third-order valence-electron chi connectivity index (χ3n) is 5.12. The zero-order valence-electron chi connectivity index (χ0n) is 19.4. The number of benzene rings is 2. The van der Waals surface area contributed by atoms with E-state index in [9.17, 15) is 0 Å². The molecule has 2 rings (SSSR count). The second-order valence-electron chi connectivity index (χ2n) is 10.4. The minimum absolute atomic E-state index is 0.0199. The smallest absolute Gasteiger partial charge is 0.186 e. The SMILES string of the molecule is CC(C)c1ccccc1OOc1c(C(C)C)ccc(C(C)(C)C)c1C(C)(C)C. The number of hydrogen-bond acceptors (Lipinski definition) is 2. The molecule has 0 aliphatic heterocycles. The molecule has 0 bridgehead atoms. The average molecular weight is 383 g/mol. The summed E-state index contributed by atoms with van der Waals surface area (Å²) in [7, 11) is 0. The van der Waals surface area contributed by atoms with E-state index in [0.29, 0.717) is 11.8 Å². The van der Waals surface area contributed by atoms with Crippen molar-refractivity contribution in [2.75, 3.05) is 0 Å². The van der Waals surface area contributed by atoms with Crippen LogP contribution in [0.3, 0.4) is 0 Å². The van der Waals surface area contributed by atoms with E-state index < -0.39 is 0 Å². The van der Waals surface area contributed by atoms with E-state index in [1.54, 1.807) is 0 Å². The van der Waals surface area contributed by atoms with E-state index >= 15 is 0 Å². The van der Waals surface area contributed by atoms with Crippen LogP contribution in [-0.4, -0.2) is 0 Å². The molecule has 0 amide bonds. The molecule has 2 heteroatoms. The lowest BCUT2D eigenvalue weighted by molar-refractivity contribution is -0.103. The molecule has 0 N–H and O–H groups in total. The monoisotopic (exact) mass is 382 g/mol. The third kappa shape index (κ3) is 4.90. The molecule has 0 spiro atoms. The van der Waals surface area contributed by atoms with Gasteiger partial charge in [-0.25, -0.2) is 0 Å². The van der Waals surface area contributed by atoms with Crippen LogP contribution in [0.1, 0.15) is 103 Å². The first-order valence-electron chi connectivity index (χ1n) is 10.4. The Morgan fingerprint density at radius 3 is 1.71 bits per heavy atom. The summed E-state index contributed by atoms with van der Waals surface area (Å²) in [5.41, 5.74) is 4.82. The Labute approximate surface area is 172 Å².